The highest BCUT2D eigenvalue weighted by atomic mass is 79.9. The van der Waals surface area contributed by atoms with E-state index in [4.69, 9.17) is 4.52 Å². The Kier molecular flexibility index (Phi) is 7.37. The predicted molar refractivity (Wildman–Crippen MR) is 128 cm³/mol. The molecule has 1 N–H and O–H groups in total. The van der Waals surface area contributed by atoms with Gasteiger partial charge in [0.05, 0.1) is 18.5 Å². The molecule has 0 radical (unpaired) electrons. The summed E-state index contributed by atoms with van der Waals surface area (Å²) in [4.78, 5) is 19.9. The van der Waals surface area contributed by atoms with E-state index >= 15 is 0 Å². The average Bonchev–Trinajstić information content (AvgIpc) is 3.27. The van der Waals surface area contributed by atoms with Gasteiger partial charge in [-0.3, -0.25) is 9.69 Å². The molecule has 168 valence electrons. The van der Waals surface area contributed by atoms with Crippen molar-refractivity contribution in [3.8, 4) is 11.4 Å². The van der Waals surface area contributed by atoms with E-state index in [1.54, 1.807) is 0 Å². The van der Waals surface area contributed by atoms with Gasteiger partial charge in [-0.2, -0.15) is 4.98 Å². The summed E-state index contributed by atoms with van der Waals surface area (Å²) in [5, 5.41) is 7.41. The fraction of sp³-hybridized carbons (Fsp3) is 0.400. The van der Waals surface area contributed by atoms with Crippen molar-refractivity contribution in [1.29, 1.82) is 0 Å². The van der Waals surface area contributed by atoms with Crippen LogP contribution in [-0.4, -0.2) is 34.0 Å². The van der Waals surface area contributed by atoms with Crippen LogP contribution in [0.4, 0.5) is 0 Å². The zero-order valence-corrected chi connectivity index (χ0v) is 20.1. The SMILES string of the molecule is CCC(NC(=O)C1CCCN(Cc2nc(-c3ccc(Br)cc3)no2)C1)c1ccccc1C. The highest BCUT2D eigenvalue weighted by Gasteiger charge is 2.28. The van der Waals surface area contributed by atoms with E-state index in [1.807, 2.05) is 36.4 Å². The summed E-state index contributed by atoms with van der Waals surface area (Å²) < 4.78 is 6.50. The first-order chi connectivity index (χ1) is 15.5. The third kappa shape index (κ3) is 5.45. The van der Waals surface area contributed by atoms with E-state index in [9.17, 15) is 4.79 Å². The Bertz CT molecular complexity index is 1050. The van der Waals surface area contributed by atoms with Crippen LogP contribution in [0.1, 0.15) is 49.2 Å². The van der Waals surface area contributed by atoms with Gasteiger partial charge in [0, 0.05) is 16.6 Å². The molecule has 2 unspecified atom stereocenters. The Morgan fingerprint density at radius 2 is 2.03 bits per heavy atom. The van der Waals surface area contributed by atoms with Gasteiger partial charge in [0.15, 0.2) is 0 Å². The normalized spacial score (nSPS) is 17.8. The summed E-state index contributed by atoms with van der Waals surface area (Å²) in [6.07, 6.45) is 2.75. The van der Waals surface area contributed by atoms with E-state index in [-0.39, 0.29) is 17.9 Å². The summed E-state index contributed by atoms with van der Waals surface area (Å²) in [5.41, 5.74) is 3.33. The summed E-state index contributed by atoms with van der Waals surface area (Å²) in [5.74, 6) is 1.26. The molecule has 32 heavy (non-hydrogen) atoms. The molecule has 1 aliphatic heterocycles. The van der Waals surface area contributed by atoms with Gasteiger partial charge in [0.25, 0.3) is 0 Å². The van der Waals surface area contributed by atoms with Gasteiger partial charge in [-0.1, -0.05) is 52.3 Å². The van der Waals surface area contributed by atoms with Gasteiger partial charge in [0.1, 0.15) is 0 Å². The van der Waals surface area contributed by atoms with Gasteiger partial charge in [-0.05, 0) is 68.1 Å². The lowest BCUT2D eigenvalue weighted by atomic mass is 9.94. The number of benzene rings is 2. The van der Waals surface area contributed by atoms with Crippen molar-refractivity contribution < 1.29 is 9.32 Å². The molecule has 7 heteroatoms. The second-order valence-electron chi connectivity index (χ2n) is 8.42. The second-order valence-corrected chi connectivity index (χ2v) is 9.33. The molecule has 1 aromatic heterocycles. The molecule has 1 aliphatic rings. The topological polar surface area (TPSA) is 71.3 Å². The minimum Gasteiger partial charge on any atom is -0.349 e. The maximum Gasteiger partial charge on any atom is 0.241 e. The van der Waals surface area contributed by atoms with Crippen molar-refractivity contribution in [2.75, 3.05) is 13.1 Å². The number of carbonyl (C=O) groups is 1. The van der Waals surface area contributed by atoms with Crippen molar-refractivity contribution in [3.63, 3.8) is 0 Å². The maximum absolute atomic E-state index is 13.1. The number of nitrogens with one attached hydrogen (secondary N) is 1. The maximum atomic E-state index is 13.1. The number of piperidine rings is 1. The van der Waals surface area contributed by atoms with E-state index in [2.05, 4.69) is 62.3 Å². The van der Waals surface area contributed by atoms with E-state index in [0.717, 1.165) is 35.8 Å². The summed E-state index contributed by atoms with van der Waals surface area (Å²) in [6.45, 7) is 6.39. The van der Waals surface area contributed by atoms with Gasteiger partial charge >= 0.3 is 0 Å². The molecule has 0 saturated carbocycles. The predicted octanol–water partition coefficient (Wildman–Crippen LogP) is 5.29. The van der Waals surface area contributed by atoms with E-state index in [0.29, 0.717) is 24.8 Å². The lowest BCUT2D eigenvalue weighted by molar-refractivity contribution is -0.127. The van der Waals surface area contributed by atoms with Crippen LogP contribution in [0.25, 0.3) is 11.4 Å². The van der Waals surface area contributed by atoms with Crippen LogP contribution in [0.5, 0.6) is 0 Å². The third-order valence-corrected chi connectivity index (χ3v) is 6.62. The van der Waals surface area contributed by atoms with Crippen LogP contribution in [0.15, 0.2) is 57.5 Å². The third-order valence-electron chi connectivity index (χ3n) is 6.09. The zero-order valence-electron chi connectivity index (χ0n) is 18.6. The molecule has 2 aromatic carbocycles. The van der Waals surface area contributed by atoms with Crippen LogP contribution >= 0.6 is 15.9 Å². The number of aryl methyl sites for hydroxylation is 1. The Morgan fingerprint density at radius 3 is 2.78 bits per heavy atom. The van der Waals surface area contributed by atoms with Crippen molar-refractivity contribution in [2.45, 2.75) is 45.7 Å². The number of rotatable bonds is 7. The molecule has 1 fully saturated rings. The molecule has 2 atom stereocenters. The van der Waals surface area contributed by atoms with Crippen LogP contribution in [-0.2, 0) is 11.3 Å². The van der Waals surface area contributed by atoms with E-state index < -0.39 is 0 Å². The number of aromatic nitrogens is 2. The molecule has 0 bridgehead atoms. The second kappa shape index (κ2) is 10.4. The van der Waals surface area contributed by atoms with Crippen molar-refractivity contribution >= 4 is 21.8 Å². The van der Waals surface area contributed by atoms with Crippen molar-refractivity contribution in [1.82, 2.24) is 20.4 Å². The summed E-state index contributed by atoms with van der Waals surface area (Å²) in [7, 11) is 0. The number of halogens is 1. The number of hydrogen-bond donors (Lipinski definition) is 1. The molecule has 4 rings (SSSR count). The molecule has 6 nitrogen and oxygen atoms in total. The molecular weight excluding hydrogens is 468 g/mol. The van der Waals surface area contributed by atoms with Crippen molar-refractivity contribution in [3.05, 3.63) is 70.0 Å². The highest BCUT2D eigenvalue weighted by molar-refractivity contribution is 9.10. The number of amides is 1. The van der Waals surface area contributed by atoms with Gasteiger partial charge in [-0.15, -0.1) is 0 Å². The van der Waals surface area contributed by atoms with Crippen LogP contribution in [0.2, 0.25) is 0 Å². The smallest absolute Gasteiger partial charge is 0.241 e. The Labute approximate surface area is 197 Å². The van der Waals surface area contributed by atoms with E-state index in [1.165, 1.54) is 11.1 Å². The Morgan fingerprint density at radius 1 is 1.25 bits per heavy atom. The first-order valence-electron chi connectivity index (χ1n) is 11.2. The first-order valence-corrected chi connectivity index (χ1v) is 12.0. The summed E-state index contributed by atoms with van der Waals surface area (Å²) in [6, 6.07) is 16.1. The molecule has 2 heterocycles. The highest BCUT2D eigenvalue weighted by Crippen LogP contribution is 2.24. The molecular formula is C25H29BrN4O2. The first kappa shape index (κ1) is 22.7. The lowest BCUT2D eigenvalue weighted by Gasteiger charge is -2.32. The Hall–Kier alpha value is -2.51. The number of carbonyl (C=O) groups excluding carboxylic acids is 1. The Balaban J connectivity index is 1.36. The average molecular weight is 497 g/mol. The quantitative estimate of drug-likeness (QED) is 0.481. The number of nitrogens with zero attached hydrogens (tertiary/aromatic N) is 3. The van der Waals surface area contributed by atoms with Gasteiger partial charge < -0.3 is 9.84 Å². The fourth-order valence-corrected chi connectivity index (χ4v) is 4.57. The fourth-order valence-electron chi connectivity index (χ4n) is 4.31. The minimum atomic E-state index is -0.0318. The molecule has 0 aliphatic carbocycles. The molecule has 0 spiro atoms. The van der Waals surface area contributed by atoms with Crippen molar-refractivity contribution in [2.24, 2.45) is 5.92 Å². The number of likely N-dealkylation sites (tertiary alicyclic amines) is 1. The standard InChI is InChI=1S/C25H29BrN4O2/c1-3-22(21-9-5-4-7-17(21)2)27-25(31)19-8-6-14-30(15-19)16-23-28-24(29-32-23)18-10-12-20(26)13-11-18/h4-5,7,9-13,19,22H,3,6,8,14-16H2,1-2H3,(H,27,31). The largest absolute Gasteiger partial charge is 0.349 e. The molecule has 3 aromatic rings. The zero-order chi connectivity index (χ0) is 22.5. The number of hydrogen-bond acceptors (Lipinski definition) is 5. The molecule has 1 saturated heterocycles. The van der Waals surface area contributed by atoms with Crippen LogP contribution < -0.4 is 5.32 Å². The van der Waals surface area contributed by atoms with Gasteiger partial charge in [-0.25, -0.2) is 0 Å². The van der Waals surface area contributed by atoms with Crippen LogP contribution in [0, 0.1) is 12.8 Å². The summed E-state index contributed by atoms with van der Waals surface area (Å²) >= 11 is 3.44. The monoisotopic (exact) mass is 496 g/mol. The molecule has 1 amide bonds. The van der Waals surface area contributed by atoms with Crippen LogP contribution in [0.3, 0.4) is 0 Å². The van der Waals surface area contributed by atoms with Gasteiger partial charge in [0.2, 0.25) is 17.6 Å². The minimum absolute atomic E-state index is 0.0318. The lowest BCUT2D eigenvalue weighted by Crippen LogP contribution is -2.43.